The predicted octanol–water partition coefficient (Wildman–Crippen LogP) is 10.4. The van der Waals surface area contributed by atoms with E-state index < -0.39 is 0 Å². The van der Waals surface area contributed by atoms with Crippen molar-refractivity contribution in [2.45, 2.75) is 12.3 Å². The summed E-state index contributed by atoms with van der Waals surface area (Å²) in [4.78, 5) is 9.90. The Labute approximate surface area is 282 Å². The third kappa shape index (κ3) is 4.59. The summed E-state index contributed by atoms with van der Waals surface area (Å²) in [5.74, 6) is 0.842. The molecular formula is C44H30N4O. The van der Waals surface area contributed by atoms with E-state index in [1.807, 2.05) is 30.5 Å². The highest BCUT2D eigenvalue weighted by Crippen LogP contribution is 2.41. The summed E-state index contributed by atoms with van der Waals surface area (Å²) in [5.41, 5.74) is 6.89. The summed E-state index contributed by atoms with van der Waals surface area (Å²) >= 11 is 0. The number of benzene rings is 7. The molecule has 232 valence electrons. The van der Waals surface area contributed by atoms with Gasteiger partial charge in [-0.25, -0.2) is 9.98 Å². The molecule has 5 nitrogen and oxygen atoms in total. The number of aliphatic imine (C=N–C) groups is 1. The van der Waals surface area contributed by atoms with Crippen molar-refractivity contribution in [1.29, 1.82) is 0 Å². The fourth-order valence-electron chi connectivity index (χ4n) is 7.51. The van der Waals surface area contributed by atoms with E-state index in [1.165, 1.54) is 37.9 Å². The van der Waals surface area contributed by atoms with Gasteiger partial charge >= 0.3 is 0 Å². The minimum absolute atomic E-state index is 0.134. The van der Waals surface area contributed by atoms with Crippen LogP contribution < -0.4 is 10.6 Å². The van der Waals surface area contributed by atoms with Gasteiger partial charge in [0.2, 0.25) is 5.71 Å². The SMILES string of the molecule is c1ccc(C2=NC(c3ccnc4oc5cc(-c6cc7ccc8ccccc8c7c7ccccc67)ccc5c34)NC(c3ccccc3)N2)cc1. The largest absolute Gasteiger partial charge is 0.438 e. The summed E-state index contributed by atoms with van der Waals surface area (Å²) in [6, 6.07) is 53.5. The summed E-state index contributed by atoms with van der Waals surface area (Å²) in [6.45, 7) is 0. The first kappa shape index (κ1) is 27.8. The number of aromatic nitrogens is 1. The summed E-state index contributed by atoms with van der Waals surface area (Å²) in [7, 11) is 0. The van der Waals surface area contributed by atoms with Crippen LogP contribution in [0.3, 0.4) is 0 Å². The second-order valence-corrected chi connectivity index (χ2v) is 12.6. The second-order valence-electron chi connectivity index (χ2n) is 12.6. The van der Waals surface area contributed by atoms with Crippen LogP contribution in [0.25, 0.3) is 65.5 Å². The van der Waals surface area contributed by atoms with Crippen LogP contribution in [0.4, 0.5) is 0 Å². The molecule has 10 rings (SSSR count). The highest BCUT2D eigenvalue weighted by Gasteiger charge is 2.28. The number of nitrogens with zero attached hydrogens (tertiary/aromatic N) is 2. The van der Waals surface area contributed by atoms with E-state index in [2.05, 4.69) is 138 Å². The summed E-state index contributed by atoms with van der Waals surface area (Å²) in [6.07, 6.45) is 1.36. The van der Waals surface area contributed by atoms with Crippen molar-refractivity contribution in [2.24, 2.45) is 4.99 Å². The Kier molecular flexibility index (Phi) is 6.32. The first-order valence-corrected chi connectivity index (χ1v) is 16.6. The standard InChI is InChI=1S/C44H30N4O/c1-3-12-28(13-4-1)41-46-42(29-14-5-2-6-15-29)48-43(47-41)36-23-24-45-44-40(36)35-22-21-30(26-38(35)49-44)37-25-31-20-19-27-11-7-8-16-32(27)39(31)34-18-10-9-17-33(34)37/h1-26,41,43,47H,(H,46,48). The van der Waals surface area contributed by atoms with E-state index in [9.17, 15) is 0 Å². The Morgan fingerprint density at radius 2 is 1.29 bits per heavy atom. The molecule has 0 radical (unpaired) electrons. The number of amidine groups is 1. The fourth-order valence-corrected chi connectivity index (χ4v) is 7.51. The third-order valence-corrected chi connectivity index (χ3v) is 9.80. The Hall–Kier alpha value is -6.30. The number of pyridine rings is 1. The zero-order valence-corrected chi connectivity index (χ0v) is 26.5. The Bertz CT molecular complexity index is 2730. The van der Waals surface area contributed by atoms with Crippen LogP contribution in [-0.4, -0.2) is 10.8 Å². The number of hydrogen-bond donors (Lipinski definition) is 2. The van der Waals surface area contributed by atoms with Gasteiger partial charge in [0.05, 0.1) is 5.39 Å². The van der Waals surface area contributed by atoms with Gasteiger partial charge in [-0.2, -0.15) is 0 Å². The Morgan fingerprint density at radius 1 is 0.551 bits per heavy atom. The number of hydrogen-bond acceptors (Lipinski definition) is 5. The zero-order valence-electron chi connectivity index (χ0n) is 26.5. The molecule has 3 heterocycles. The number of furan rings is 1. The molecule has 0 fully saturated rings. The highest BCUT2D eigenvalue weighted by molar-refractivity contribution is 6.23. The smallest absolute Gasteiger partial charge is 0.227 e. The molecule has 1 aliphatic rings. The van der Waals surface area contributed by atoms with E-state index in [1.54, 1.807) is 0 Å². The molecule has 2 atom stereocenters. The molecule has 2 unspecified atom stereocenters. The van der Waals surface area contributed by atoms with E-state index >= 15 is 0 Å². The third-order valence-electron chi connectivity index (χ3n) is 9.80. The average Bonchev–Trinajstić information content (AvgIpc) is 3.56. The molecule has 2 N–H and O–H groups in total. The van der Waals surface area contributed by atoms with Crippen molar-refractivity contribution >= 4 is 60.2 Å². The lowest BCUT2D eigenvalue weighted by molar-refractivity contribution is 0.410. The van der Waals surface area contributed by atoms with Crippen molar-refractivity contribution < 1.29 is 4.42 Å². The van der Waals surface area contributed by atoms with E-state index in [4.69, 9.17) is 14.4 Å². The van der Waals surface area contributed by atoms with Crippen molar-refractivity contribution in [3.63, 3.8) is 0 Å². The maximum absolute atomic E-state index is 6.52. The lowest BCUT2D eigenvalue weighted by Crippen LogP contribution is -2.45. The Morgan fingerprint density at radius 3 is 2.14 bits per heavy atom. The lowest BCUT2D eigenvalue weighted by atomic mass is 9.90. The predicted molar refractivity (Wildman–Crippen MR) is 201 cm³/mol. The van der Waals surface area contributed by atoms with Gasteiger partial charge in [0.1, 0.15) is 23.8 Å². The molecule has 2 aromatic heterocycles. The van der Waals surface area contributed by atoms with Gasteiger partial charge < -0.3 is 9.73 Å². The molecular weight excluding hydrogens is 601 g/mol. The van der Waals surface area contributed by atoms with Crippen LogP contribution in [-0.2, 0) is 0 Å². The lowest BCUT2D eigenvalue weighted by Gasteiger charge is -2.32. The van der Waals surface area contributed by atoms with Crippen molar-refractivity contribution in [3.8, 4) is 11.1 Å². The Balaban J connectivity index is 1.13. The van der Waals surface area contributed by atoms with Crippen molar-refractivity contribution in [2.75, 3.05) is 0 Å². The molecule has 0 saturated carbocycles. The molecule has 49 heavy (non-hydrogen) atoms. The first-order chi connectivity index (χ1) is 24.3. The van der Waals surface area contributed by atoms with Gasteiger partial charge in [0.25, 0.3) is 0 Å². The maximum Gasteiger partial charge on any atom is 0.227 e. The van der Waals surface area contributed by atoms with Crippen LogP contribution in [0.1, 0.15) is 29.0 Å². The van der Waals surface area contributed by atoms with Crippen LogP contribution in [0.5, 0.6) is 0 Å². The molecule has 0 aliphatic carbocycles. The van der Waals surface area contributed by atoms with Crippen LogP contribution in [0, 0.1) is 0 Å². The van der Waals surface area contributed by atoms with Crippen molar-refractivity contribution in [1.82, 2.24) is 15.6 Å². The van der Waals surface area contributed by atoms with Crippen LogP contribution in [0.2, 0.25) is 0 Å². The van der Waals surface area contributed by atoms with E-state index in [0.29, 0.717) is 5.71 Å². The number of nitrogens with one attached hydrogen (secondary N) is 2. The van der Waals surface area contributed by atoms with Crippen LogP contribution >= 0.6 is 0 Å². The van der Waals surface area contributed by atoms with E-state index in [-0.39, 0.29) is 12.3 Å². The molecule has 5 heteroatoms. The average molecular weight is 631 g/mol. The van der Waals surface area contributed by atoms with E-state index in [0.717, 1.165) is 44.4 Å². The van der Waals surface area contributed by atoms with Gasteiger partial charge in [-0.1, -0.05) is 127 Å². The molecule has 0 bridgehead atoms. The molecule has 9 aromatic rings. The normalized spacial score (nSPS) is 16.4. The van der Waals surface area contributed by atoms with Gasteiger partial charge in [0.15, 0.2) is 0 Å². The van der Waals surface area contributed by atoms with Crippen molar-refractivity contribution in [3.05, 3.63) is 175 Å². The van der Waals surface area contributed by atoms with Gasteiger partial charge in [-0.3, -0.25) is 5.32 Å². The zero-order chi connectivity index (χ0) is 32.3. The quantitative estimate of drug-likeness (QED) is 0.190. The topological polar surface area (TPSA) is 62.5 Å². The number of rotatable bonds is 4. The summed E-state index contributed by atoms with van der Waals surface area (Å²) < 4.78 is 6.52. The van der Waals surface area contributed by atoms with Crippen LogP contribution in [0.15, 0.2) is 167 Å². The molecule has 1 aliphatic heterocycles. The monoisotopic (exact) mass is 630 g/mol. The molecule has 0 spiro atoms. The maximum atomic E-state index is 6.52. The van der Waals surface area contributed by atoms with Gasteiger partial charge in [-0.05, 0) is 73.3 Å². The first-order valence-electron chi connectivity index (χ1n) is 16.6. The van der Waals surface area contributed by atoms with Gasteiger partial charge in [0, 0.05) is 22.7 Å². The molecule has 0 amide bonds. The van der Waals surface area contributed by atoms with Gasteiger partial charge in [-0.15, -0.1) is 0 Å². The fraction of sp³-hybridized carbons (Fsp3) is 0.0455. The highest BCUT2D eigenvalue weighted by atomic mass is 16.3. The minimum atomic E-state index is -0.327. The summed E-state index contributed by atoms with van der Waals surface area (Å²) in [5, 5.41) is 16.9. The minimum Gasteiger partial charge on any atom is -0.438 e. The second kappa shape index (κ2) is 11.2. The number of fused-ring (bicyclic) bond motifs is 8. The molecule has 7 aromatic carbocycles. The molecule has 0 saturated heterocycles.